The molecule has 0 aromatic carbocycles. The molecule has 7 heteroatoms. The van der Waals surface area contributed by atoms with Crippen molar-refractivity contribution in [2.75, 3.05) is 30.7 Å². The van der Waals surface area contributed by atoms with Crippen molar-refractivity contribution >= 4 is 23.4 Å². The van der Waals surface area contributed by atoms with E-state index in [1.807, 2.05) is 13.8 Å². The molecule has 1 rings (SSSR count). The number of carbonyl (C=O) groups excluding carboxylic acids is 1. The topological polar surface area (TPSA) is 109 Å². The van der Waals surface area contributed by atoms with E-state index in [0.717, 1.165) is 0 Å². The van der Waals surface area contributed by atoms with Crippen LogP contribution in [0.25, 0.3) is 0 Å². The molecule has 0 spiro atoms. The summed E-state index contributed by atoms with van der Waals surface area (Å²) in [6.07, 6.45) is 0.306. The van der Waals surface area contributed by atoms with E-state index in [1.54, 1.807) is 4.90 Å². The van der Waals surface area contributed by atoms with Gasteiger partial charge in [0.25, 0.3) is 0 Å². The van der Waals surface area contributed by atoms with E-state index in [0.29, 0.717) is 31.7 Å². The fourth-order valence-electron chi connectivity index (χ4n) is 1.75. The molecule has 1 aromatic rings. The van der Waals surface area contributed by atoms with Gasteiger partial charge in [-0.3, -0.25) is 4.79 Å². The van der Waals surface area contributed by atoms with Gasteiger partial charge in [0.1, 0.15) is 5.82 Å². The minimum absolute atomic E-state index is 0.0375. The summed E-state index contributed by atoms with van der Waals surface area (Å²) in [5, 5.41) is 11.8. The van der Waals surface area contributed by atoms with Crippen LogP contribution in [0, 0.1) is 0 Å². The second-order valence-corrected chi connectivity index (χ2v) is 4.18. The van der Waals surface area contributed by atoms with Gasteiger partial charge in [-0.25, -0.2) is 9.78 Å². The molecule has 0 aliphatic heterocycles. The average Bonchev–Trinajstić information content (AvgIpc) is 2.42. The highest BCUT2D eigenvalue weighted by Gasteiger charge is 2.11. The third-order valence-corrected chi connectivity index (χ3v) is 2.89. The predicted octanol–water partition coefficient (Wildman–Crippen LogP) is 1.03. The number of hydrogen-bond acceptors (Lipinski definition) is 5. The van der Waals surface area contributed by atoms with E-state index in [2.05, 4.69) is 10.3 Å². The highest BCUT2D eigenvalue weighted by atomic mass is 16.4. The predicted molar refractivity (Wildman–Crippen MR) is 76.6 cm³/mol. The quantitative estimate of drug-likeness (QED) is 0.688. The van der Waals surface area contributed by atoms with Crippen LogP contribution in [0.5, 0.6) is 0 Å². The lowest BCUT2D eigenvalue weighted by atomic mass is 10.3. The van der Waals surface area contributed by atoms with Crippen LogP contribution in [0.4, 0.5) is 11.5 Å². The molecule has 0 saturated carbocycles. The summed E-state index contributed by atoms with van der Waals surface area (Å²) in [6, 6.07) is 2.81. The van der Waals surface area contributed by atoms with Gasteiger partial charge in [0.15, 0.2) is 5.69 Å². The van der Waals surface area contributed by atoms with Gasteiger partial charge in [-0.2, -0.15) is 0 Å². The molecule has 20 heavy (non-hydrogen) atoms. The van der Waals surface area contributed by atoms with Crippen molar-refractivity contribution in [2.24, 2.45) is 0 Å². The Morgan fingerprint density at radius 1 is 1.35 bits per heavy atom. The maximum Gasteiger partial charge on any atom is 0.354 e. The number of carbonyl (C=O) groups is 2. The van der Waals surface area contributed by atoms with E-state index in [9.17, 15) is 9.59 Å². The number of nitrogen functional groups attached to an aromatic ring is 1. The number of nitrogens with zero attached hydrogens (tertiary/aromatic N) is 2. The Kier molecular flexibility index (Phi) is 5.76. The third kappa shape index (κ3) is 4.11. The van der Waals surface area contributed by atoms with Crippen LogP contribution in [0.2, 0.25) is 0 Å². The largest absolute Gasteiger partial charge is 0.477 e. The van der Waals surface area contributed by atoms with Crippen molar-refractivity contribution < 1.29 is 14.7 Å². The molecule has 0 radical (unpaired) electrons. The minimum atomic E-state index is -1.12. The fraction of sp³-hybridized carbons (Fsp3) is 0.462. The van der Waals surface area contributed by atoms with Crippen molar-refractivity contribution in [3.8, 4) is 0 Å². The molecule has 0 aliphatic rings. The molecule has 0 fully saturated rings. The van der Waals surface area contributed by atoms with Crippen LogP contribution in [0.1, 0.15) is 30.8 Å². The first-order valence-corrected chi connectivity index (χ1v) is 6.51. The first-order valence-electron chi connectivity index (χ1n) is 6.51. The summed E-state index contributed by atoms with van der Waals surface area (Å²) in [7, 11) is 0. The standard InChI is InChI=1S/C13H20N4O3/c1-3-17(4-2)11(18)7-8-15-12-9(14)5-6-10(16-12)13(19)20/h5-6H,3-4,7-8,14H2,1-2H3,(H,15,16)(H,19,20). The van der Waals surface area contributed by atoms with Crippen LogP contribution < -0.4 is 11.1 Å². The second kappa shape index (κ2) is 7.32. The molecule has 4 N–H and O–H groups in total. The van der Waals surface area contributed by atoms with E-state index >= 15 is 0 Å². The van der Waals surface area contributed by atoms with Crippen LogP contribution in [0.15, 0.2) is 12.1 Å². The van der Waals surface area contributed by atoms with Crippen molar-refractivity contribution in [1.82, 2.24) is 9.88 Å². The van der Waals surface area contributed by atoms with Gasteiger partial charge in [-0.1, -0.05) is 0 Å². The Hall–Kier alpha value is -2.31. The average molecular weight is 280 g/mol. The molecule has 0 aliphatic carbocycles. The minimum Gasteiger partial charge on any atom is -0.477 e. The molecule has 1 aromatic heterocycles. The molecular formula is C13H20N4O3. The summed E-state index contributed by atoms with van der Waals surface area (Å²) in [6.45, 7) is 5.54. The number of carboxylic acid groups (broad SMARTS) is 1. The first kappa shape index (κ1) is 15.7. The molecule has 0 bridgehead atoms. The summed E-state index contributed by atoms with van der Waals surface area (Å²) in [4.78, 5) is 28.2. The van der Waals surface area contributed by atoms with E-state index in [1.165, 1.54) is 12.1 Å². The number of rotatable bonds is 7. The first-order chi connectivity index (χ1) is 9.49. The molecule has 0 saturated heterocycles. The van der Waals surface area contributed by atoms with Crippen LogP contribution >= 0.6 is 0 Å². The molecular weight excluding hydrogens is 260 g/mol. The Labute approximate surface area is 117 Å². The van der Waals surface area contributed by atoms with E-state index in [-0.39, 0.29) is 17.4 Å². The second-order valence-electron chi connectivity index (χ2n) is 4.18. The van der Waals surface area contributed by atoms with Gasteiger partial charge in [0.2, 0.25) is 5.91 Å². The molecule has 0 unspecified atom stereocenters. The van der Waals surface area contributed by atoms with Crippen LogP contribution in [0.3, 0.4) is 0 Å². The van der Waals surface area contributed by atoms with E-state index < -0.39 is 5.97 Å². The zero-order valence-corrected chi connectivity index (χ0v) is 11.7. The number of pyridine rings is 1. The van der Waals surface area contributed by atoms with E-state index in [4.69, 9.17) is 10.8 Å². The molecule has 7 nitrogen and oxygen atoms in total. The van der Waals surface area contributed by atoms with Gasteiger partial charge in [-0.15, -0.1) is 0 Å². The van der Waals surface area contributed by atoms with Gasteiger partial charge in [0.05, 0.1) is 5.69 Å². The number of nitrogens with one attached hydrogen (secondary N) is 1. The highest BCUT2D eigenvalue weighted by molar-refractivity contribution is 5.86. The normalized spacial score (nSPS) is 10.1. The fourth-order valence-corrected chi connectivity index (χ4v) is 1.75. The zero-order chi connectivity index (χ0) is 15.1. The number of aromatic nitrogens is 1. The maximum atomic E-state index is 11.8. The Balaban J connectivity index is 2.60. The zero-order valence-electron chi connectivity index (χ0n) is 11.7. The molecule has 0 atom stereocenters. The lowest BCUT2D eigenvalue weighted by Crippen LogP contribution is -2.31. The van der Waals surface area contributed by atoms with Gasteiger partial charge in [0, 0.05) is 26.1 Å². The maximum absolute atomic E-state index is 11.8. The highest BCUT2D eigenvalue weighted by Crippen LogP contribution is 2.15. The lowest BCUT2D eigenvalue weighted by Gasteiger charge is -2.18. The van der Waals surface area contributed by atoms with Gasteiger partial charge < -0.3 is 21.1 Å². The Morgan fingerprint density at radius 2 is 2.00 bits per heavy atom. The van der Waals surface area contributed by atoms with Crippen LogP contribution in [-0.4, -0.2) is 46.5 Å². The Morgan fingerprint density at radius 3 is 2.55 bits per heavy atom. The SMILES string of the molecule is CCN(CC)C(=O)CCNc1nc(C(=O)O)ccc1N. The molecule has 1 amide bonds. The van der Waals surface area contributed by atoms with Crippen LogP contribution in [-0.2, 0) is 4.79 Å². The molecule has 110 valence electrons. The Bertz CT molecular complexity index is 487. The van der Waals surface area contributed by atoms with Crippen molar-refractivity contribution in [3.05, 3.63) is 17.8 Å². The number of anilines is 2. The van der Waals surface area contributed by atoms with Crippen molar-refractivity contribution in [1.29, 1.82) is 0 Å². The summed E-state index contributed by atoms with van der Waals surface area (Å²) >= 11 is 0. The smallest absolute Gasteiger partial charge is 0.354 e. The number of hydrogen-bond donors (Lipinski definition) is 3. The van der Waals surface area contributed by atoms with Gasteiger partial charge in [-0.05, 0) is 26.0 Å². The lowest BCUT2D eigenvalue weighted by molar-refractivity contribution is -0.130. The van der Waals surface area contributed by atoms with Gasteiger partial charge >= 0.3 is 5.97 Å². The monoisotopic (exact) mass is 280 g/mol. The third-order valence-electron chi connectivity index (χ3n) is 2.89. The number of amides is 1. The van der Waals surface area contributed by atoms with Crippen molar-refractivity contribution in [3.63, 3.8) is 0 Å². The number of carboxylic acids is 1. The summed E-state index contributed by atoms with van der Waals surface area (Å²) in [5.41, 5.74) is 5.97. The number of nitrogens with two attached hydrogens (primary N) is 1. The summed E-state index contributed by atoms with van der Waals surface area (Å²) in [5.74, 6) is -0.792. The van der Waals surface area contributed by atoms with Crippen molar-refractivity contribution in [2.45, 2.75) is 20.3 Å². The number of aromatic carboxylic acids is 1. The molecule has 1 heterocycles. The summed E-state index contributed by atoms with van der Waals surface area (Å²) < 4.78 is 0.